The van der Waals surface area contributed by atoms with Crippen LogP contribution < -0.4 is 10.2 Å². The zero-order valence-electron chi connectivity index (χ0n) is 10.6. The Kier molecular flexibility index (Phi) is 4.64. The molecule has 0 heterocycles. The maximum Gasteiger partial charge on any atom is 0.492 e. The summed E-state index contributed by atoms with van der Waals surface area (Å²) >= 11 is 3.41. The molecule has 0 fully saturated rings. The van der Waals surface area contributed by atoms with Crippen LogP contribution in [0.5, 0.6) is 5.75 Å². The van der Waals surface area contributed by atoms with Crippen LogP contribution in [0.25, 0.3) is 0 Å². The van der Waals surface area contributed by atoms with Gasteiger partial charge in [-0.05, 0) is 39.9 Å². The second kappa shape index (κ2) is 5.42. The van der Waals surface area contributed by atoms with Crippen molar-refractivity contribution in [3.8, 4) is 5.75 Å². The van der Waals surface area contributed by atoms with E-state index in [0.29, 0.717) is 17.8 Å². The molecular weight excluding hydrogens is 283 g/mol. The lowest BCUT2D eigenvalue weighted by molar-refractivity contribution is 0.337. The molecule has 0 radical (unpaired) electrons. The molecule has 0 aliphatic carbocycles. The minimum atomic E-state index is -1.53. The topological polar surface area (TPSA) is 49.7 Å². The van der Waals surface area contributed by atoms with Crippen molar-refractivity contribution in [1.29, 1.82) is 0 Å². The van der Waals surface area contributed by atoms with Crippen molar-refractivity contribution in [2.45, 2.75) is 33.1 Å². The van der Waals surface area contributed by atoms with Gasteiger partial charge in [-0.2, -0.15) is 0 Å². The maximum absolute atomic E-state index is 9.40. The zero-order chi connectivity index (χ0) is 13.2. The largest absolute Gasteiger partial charge is 0.493 e. The highest BCUT2D eigenvalue weighted by molar-refractivity contribution is 9.10. The molecule has 0 saturated heterocycles. The number of hydrogen-bond acceptors (Lipinski definition) is 3. The fraction of sp³-hybridized carbons (Fsp3) is 0.500. The highest BCUT2D eigenvalue weighted by Gasteiger charge is 2.24. The number of benzene rings is 1. The third-order valence-corrected chi connectivity index (χ3v) is 3.09. The third-order valence-electron chi connectivity index (χ3n) is 2.51. The van der Waals surface area contributed by atoms with E-state index in [1.807, 2.05) is 13.0 Å². The van der Waals surface area contributed by atoms with Gasteiger partial charge in [-0.1, -0.05) is 26.8 Å². The van der Waals surface area contributed by atoms with Crippen molar-refractivity contribution in [2.24, 2.45) is 0 Å². The average molecular weight is 301 g/mol. The van der Waals surface area contributed by atoms with Crippen LogP contribution in [-0.4, -0.2) is 23.8 Å². The molecule has 0 aliphatic rings. The van der Waals surface area contributed by atoms with Crippen LogP contribution in [0.3, 0.4) is 0 Å². The Hall–Kier alpha value is -0.515. The van der Waals surface area contributed by atoms with Crippen LogP contribution >= 0.6 is 15.9 Å². The molecule has 0 atom stereocenters. The van der Waals surface area contributed by atoms with Crippen molar-refractivity contribution < 1.29 is 14.8 Å². The van der Waals surface area contributed by atoms with Gasteiger partial charge < -0.3 is 14.8 Å². The lowest BCUT2D eigenvalue weighted by Gasteiger charge is -2.22. The van der Waals surface area contributed by atoms with E-state index in [9.17, 15) is 10.0 Å². The first kappa shape index (κ1) is 14.5. The summed E-state index contributed by atoms with van der Waals surface area (Å²) < 4.78 is 6.18. The molecule has 2 N–H and O–H groups in total. The van der Waals surface area contributed by atoms with E-state index in [0.717, 1.165) is 10.0 Å². The van der Waals surface area contributed by atoms with Gasteiger partial charge in [0.1, 0.15) is 5.75 Å². The number of hydrogen-bond donors (Lipinski definition) is 2. The van der Waals surface area contributed by atoms with E-state index < -0.39 is 7.12 Å². The fourth-order valence-electron chi connectivity index (χ4n) is 1.54. The van der Waals surface area contributed by atoms with Gasteiger partial charge in [0.05, 0.1) is 11.1 Å². The monoisotopic (exact) mass is 300 g/mol. The second-order valence-electron chi connectivity index (χ2n) is 4.93. The molecule has 0 aromatic heterocycles. The molecule has 94 valence electrons. The summed E-state index contributed by atoms with van der Waals surface area (Å²) in [5.74, 6) is 0.496. The van der Waals surface area contributed by atoms with Gasteiger partial charge in [-0.3, -0.25) is 0 Å². The Labute approximate surface area is 111 Å². The summed E-state index contributed by atoms with van der Waals surface area (Å²) in [5.41, 5.74) is 1.36. The van der Waals surface area contributed by atoms with Gasteiger partial charge in [0.15, 0.2) is 0 Å². The highest BCUT2D eigenvalue weighted by atomic mass is 79.9. The maximum atomic E-state index is 9.40. The smallest absolute Gasteiger partial charge is 0.492 e. The Morgan fingerprint density at radius 3 is 2.29 bits per heavy atom. The summed E-state index contributed by atoms with van der Waals surface area (Å²) in [6.45, 7) is 8.55. The van der Waals surface area contributed by atoms with Crippen LogP contribution in [0, 0.1) is 0 Å². The summed E-state index contributed by atoms with van der Waals surface area (Å²) in [6.07, 6.45) is 0. The molecule has 1 aromatic rings. The molecule has 1 aromatic carbocycles. The van der Waals surface area contributed by atoms with Crippen LogP contribution in [0.2, 0.25) is 0 Å². The molecule has 0 bridgehead atoms. The second-order valence-corrected chi connectivity index (χ2v) is 5.79. The molecule has 0 aliphatic heterocycles. The molecule has 1 rings (SSSR count). The van der Waals surface area contributed by atoms with Crippen LogP contribution in [0.15, 0.2) is 16.6 Å². The first-order valence-electron chi connectivity index (χ1n) is 5.60. The van der Waals surface area contributed by atoms with E-state index in [-0.39, 0.29) is 5.41 Å². The van der Waals surface area contributed by atoms with Crippen molar-refractivity contribution in [3.63, 3.8) is 0 Å². The molecule has 0 amide bonds. The summed E-state index contributed by atoms with van der Waals surface area (Å²) in [5, 5.41) is 18.8. The minimum Gasteiger partial charge on any atom is -0.493 e. The Morgan fingerprint density at radius 1 is 1.29 bits per heavy atom. The molecule has 3 nitrogen and oxygen atoms in total. The highest BCUT2D eigenvalue weighted by Crippen LogP contribution is 2.30. The van der Waals surface area contributed by atoms with Gasteiger partial charge in [-0.15, -0.1) is 0 Å². The predicted octanol–water partition coefficient (Wildman–Crippen LogP) is 1.83. The van der Waals surface area contributed by atoms with Gasteiger partial charge in [-0.25, -0.2) is 0 Å². The number of rotatable bonds is 3. The summed E-state index contributed by atoms with van der Waals surface area (Å²) in [6, 6.07) is 3.73. The number of ether oxygens (including phenoxy) is 1. The molecular formula is C12H18BBrO3. The minimum absolute atomic E-state index is 0.0586. The standard InChI is InChI=1S/C12H18BBrO3/c1-5-17-11-9(13(15)16)6-8(7-10(11)14)12(2,3)4/h6-7,15-16H,5H2,1-4H3. The van der Waals surface area contributed by atoms with Crippen LogP contribution in [0.1, 0.15) is 33.3 Å². The van der Waals surface area contributed by atoms with E-state index in [2.05, 4.69) is 36.7 Å². The number of halogens is 1. The van der Waals surface area contributed by atoms with E-state index >= 15 is 0 Å². The summed E-state index contributed by atoms with van der Waals surface area (Å²) in [7, 11) is -1.53. The predicted molar refractivity (Wildman–Crippen MR) is 73.8 cm³/mol. The average Bonchev–Trinajstić information content (AvgIpc) is 2.18. The summed E-state index contributed by atoms with van der Waals surface area (Å²) in [4.78, 5) is 0. The van der Waals surface area contributed by atoms with Crippen molar-refractivity contribution in [1.82, 2.24) is 0 Å². The third kappa shape index (κ3) is 3.47. The van der Waals surface area contributed by atoms with Gasteiger partial charge in [0.25, 0.3) is 0 Å². The molecule has 0 saturated carbocycles. The SMILES string of the molecule is CCOc1c(Br)cc(C(C)(C)C)cc1B(O)O. The molecule has 0 unspecified atom stereocenters. The van der Waals surface area contributed by atoms with Crippen molar-refractivity contribution in [3.05, 3.63) is 22.2 Å². The zero-order valence-corrected chi connectivity index (χ0v) is 12.2. The Bertz CT molecular complexity index is 399. The van der Waals surface area contributed by atoms with Gasteiger partial charge in [0, 0.05) is 5.46 Å². The molecule has 5 heteroatoms. The fourth-order valence-corrected chi connectivity index (χ4v) is 2.13. The van der Waals surface area contributed by atoms with E-state index in [4.69, 9.17) is 4.74 Å². The normalized spacial score (nSPS) is 11.5. The molecule has 0 spiro atoms. The van der Waals surface area contributed by atoms with Crippen LogP contribution in [0.4, 0.5) is 0 Å². The van der Waals surface area contributed by atoms with Crippen LogP contribution in [-0.2, 0) is 5.41 Å². The van der Waals surface area contributed by atoms with Crippen molar-refractivity contribution in [2.75, 3.05) is 6.61 Å². The van der Waals surface area contributed by atoms with Gasteiger partial charge >= 0.3 is 7.12 Å². The lowest BCUT2D eigenvalue weighted by Crippen LogP contribution is -2.33. The lowest BCUT2D eigenvalue weighted by atomic mass is 9.75. The first-order chi connectivity index (χ1) is 7.77. The molecule has 17 heavy (non-hydrogen) atoms. The van der Waals surface area contributed by atoms with Crippen molar-refractivity contribution >= 4 is 28.5 Å². The van der Waals surface area contributed by atoms with E-state index in [1.165, 1.54) is 0 Å². The Morgan fingerprint density at radius 2 is 1.88 bits per heavy atom. The van der Waals surface area contributed by atoms with Gasteiger partial charge in [0.2, 0.25) is 0 Å². The quantitative estimate of drug-likeness (QED) is 0.837. The van der Waals surface area contributed by atoms with E-state index in [1.54, 1.807) is 6.07 Å². The first-order valence-corrected chi connectivity index (χ1v) is 6.39. The Balaban J connectivity index is 3.36.